The topological polar surface area (TPSA) is 28.2 Å². The molecule has 3 rings (SSSR count). The van der Waals surface area contributed by atoms with E-state index in [1.807, 2.05) is 12.4 Å². The Labute approximate surface area is 127 Å². The van der Waals surface area contributed by atoms with Crippen LogP contribution in [0.3, 0.4) is 0 Å². The van der Waals surface area contributed by atoms with E-state index < -0.39 is 0 Å². The van der Waals surface area contributed by atoms with Gasteiger partial charge in [0.05, 0.1) is 0 Å². The van der Waals surface area contributed by atoms with Crippen LogP contribution in [0.1, 0.15) is 33.1 Å². The maximum absolute atomic E-state index is 4.25. The maximum atomic E-state index is 4.25. The van der Waals surface area contributed by atoms with Crippen molar-refractivity contribution in [2.45, 2.75) is 38.6 Å². The molecule has 1 aliphatic rings. The summed E-state index contributed by atoms with van der Waals surface area (Å²) in [7, 11) is 0. The molecule has 1 aromatic heterocycles. The van der Waals surface area contributed by atoms with Crippen molar-refractivity contribution in [3.8, 4) is 0 Å². The summed E-state index contributed by atoms with van der Waals surface area (Å²) in [6.45, 7) is 7.92. The molecule has 0 bridgehead atoms. The molecule has 112 valence electrons. The van der Waals surface area contributed by atoms with Crippen molar-refractivity contribution in [3.63, 3.8) is 0 Å². The number of anilines is 1. The second-order valence-electron chi connectivity index (χ2n) is 6.06. The molecule has 21 heavy (non-hydrogen) atoms. The molecule has 1 N–H and O–H groups in total. The largest absolute Gasteiger partial charge is 0.369 e. The summed E-state index contributed by atoms with van der Waals surface area (Å²) in [6.07, 6.45) is 7.40. The molecule has 2 aromatic rings. The van der Waals surface area contributed by atoms with Gasteiger partial charge in [-0.15, -0.1) is 0 Å². The average molecular weight is 283 g/mol. The van der Waals surface area contributed by atoms with Gasteiger partial charge in [0.25, 0.3) is 0 Å². The molecule has 0 aliphatic carbocycles. The zero-order chi connectivity index (χ0) is 14.7. The van der Waals surface area contributed by atoms with Crippen molar-refractivity contribution >= 4 is 16.5 Å². The third kappa shape index (κ3) is 2.75. The Morgan fingerprint density at radius 1 is 1.24 bits per heavy atom. The second kappa shape index (κ2) is 6.02. The molecule has 3 heteroatoms. The van der Waals surface area contributed by atoms with Crippen LogP contribution < -0.4 is 10.2 Å². The smallest absolute Gasteiger partial charge is 0.0447 e. The summed E-state index contributed by atoms with van der Waals surface area (Å²) >= 11 is 0. The van der Waals surface area contributed by atoms with Crippen molar-refractivity contribution < 1.29 is 0 Å². The lowest BCUT2D eigenvalue weighted by molar-refractivity contribution is 0.322. The first kappa shape index (κ1) is 14.3. The van der Waals surface area contributed by atoms with E-state index in [9.17, 15) is 0 Å². The molecule has 0 spiro atoms. The number of pyridine rings is 1. The Balaban J connectivity index is 2.00. The SMILES string of the molecule is CCC1(CC)CN(c2cccc3cnccc23)CCCN1. The van der Waals surface area contributed by atoms with Gasteiger partial charge in [-0.2, -0.15) is 0 Å². The zero-order valence-corrected chi connectivity index (χ0v) is 13.1. The first-order valence-corrected chi connectivity index (χ1v) is 8.11. The van der Waals surface area contributed by atoms with E-state index in [-0.39, 0.29) is 5.54 Å². The highest BCUT2D eigenvalue weighted by Crippen LogP contribution is 2.30. The van der Waals surface area contributed by atoms with Gasteiger partial charge < -0.3 is 10.2 Å². The van der Waals surface area contributed by atoms with Crippen LogP contribution in [0.4, 0.5) is 5.69 Å². The molecule has 1 saturated heterocycles. The van der Waals surface area contributed by atoms with E-state index in [0.717, 1.165) is 19.6 Å². The fourth-order valence-corrected chi connectivity index (χ4v) is 3.43. The normalized spacial score (nSPS) is 18.7. The van der Waals surface area contributed by atoms with Crippen LogP contribution in [0.25, 0.3) is 10.8 Å². The molecule has 3 nitrogen and oxygen atoms in total. The Kier molecular flexibility index (Phi) is 4.11. The Morgan fingerprint density at radius 2 is 2.10 bits per heavy atom. The average Bonchev–Trinajstić information content (AvgIpc) is 2.77. The first-order chi connectivity index (χ1) is 10.3. The first-order valence-electron chi connectivity index (χ1n) is 8.11. The molecule has 0 radical (unpaired) electrons. The summed E-state index contributed by atoms with van der Waals surface area (Å²) in [5, 5.41) is 6.33. The minimum Gasteiger partial charge on any atom is -0.369 e. The van der Waals surface area contributed by atoms with Gasteiger partial charge in [-0.05, 0) is 37.9 Å². The van der Waals surface area contributed by atoms with Gasteiger partial charge in [-0.25, -0.2) is 0 Å². The Bertz CT molecular complexity index is 599. The van der Waals surface area contributed by atoms with Gasteiger partial charge in [0.1, 0.15) is 0 Å². The lowest BCUT2D eigenvalue weighted by Crippen LogP contribution is -2.50. The molecule has 1 fully saturated rings. The summed E-state index contributed by atoms with van der Waals surface area (Å²) in [5.41, 5.74) is 1.59. The molecular weight excluding hydrogens is 258 g/mol. The highest BCUT2D eigenvalue weighted by Gasteiger charge is 2.30. The minimum atomic E-state index is 0.242. The lowest BCUT2D eigenvalue weighted by Gasteiger charge is -2.36. The summed E-state index contributed by atoms with van der Waals surface area (Å²) < 4.78 is 0. The van der Waals surface area contributed by atoms with E-state index in [1.54, 1.807) is 0 Å². The Hall–Kier alpha value is -1.61. The van der Waals surface area contributed by atoms with E-state index in [0.29, 0.717) is 0 Å². The van der Waals surface area contributed by atoms with Crippen LogP contribution in [0, 0.1) is 0 Å². The van der Waals surface area contributed by atoms with Crippen molar-refractivity contribution in [2.75, 3.05) is 24.5 Å². The molecule has 1 aliphatic heterocycles. The van der Waals surface area contributed by atoms with Crippen LogP contribution in [0.15, 0.2) is 36.7 Å². The van der Waals surface area contributed by atoms with E-state index in [4.69, 9.17) is 0 Å². The van der Waals surface area contributed by atoms with Crippen LogP contribution in [-0.2, 0) is 0 Å². The lowest BCUT2D eigenvalue weighted by atomic mass is 9.92. The van der Waals surface area contributed by atoms with Gasteiger partial charge in [0.15, 0.2) is 0 Å². The molecule has 0 amide bonds. The standard InChI is InChI=1S/C18H25N3/c1-3-18(4-2)14-21(12-6-10-20-18)17-8-5-7-15-13-19-11-9-16(15)17/h5,7-9,11,13,20H,3-4,6,10,12,14H2,1-2H3. The monoisotopic (exact) mass is 283 g/mol. The number of nitrogens with one attached hydrogen (secondary N) is 1. The predicted molar refractivity (Wildman–Crippen MR) is 89.9 cm³/mol. The second-order valence-corrected chi connectivity index (χ2v) is 6.06. The molecule has 0 saturated carbocycles. The van der Waals surface area contributed by atoms with Crippen molar-refractivity contribution in [3.05, 3.63) is 36.7 Å². The predicted octanol–water partition coefficient (Wildman–Crippen LogP) is 3.59. The van der Waals surface area contributed by atoms with E-state index in [2.05, 4.69) is 53.3 Å². The molecule has 0 atom stereocenters. The number of benzene rings is 1. The van der Waals surface area contributed by atoms with Gasteiger partial charge >= 0.3 is 0 Å². The van der Waals surface area contributed by atoms with Crippen LogP contribution in [-0.4, -0.2) is 30.2 Å². The number of fused-ring (bicyclic) bond motifs is 1. The van der Waals surface area contributed by atoms with Crippen molar-refractivity contribution in [1.82, 2.24) is 10.3 Å². The van der Waals surface area contributed by atoms with E-state index in [1.165, 1.54) is 35.7 Å². The van der Waals surface area contributed by atoms with Crippen molar-refractivity contribution in [2.24, 2.45) is 0 Å². The van der Waals surface area contributed by atoms with Crippen molar-refractivity contribution in [1.29, 1.82) is 0 Å². The van der Waals surface area contributed by atoms with Crippen LogP contribution in [0.2, 0.25) is 0 Å². The van der Waals surface area contributed by atoms with Gasteiger partial charge in [0, 0.05) is 47.5 Å². The van der Waals surface area contributed by atoms with Crippen LogP contribution in [0.5, 0.6) is 0 Å². The maximum Gasteiger partial charge on any atom is 0.0447 e. The summed E-state index contributed by atoms with van der Waals surface area (Å²) in [4.78, 5) is 6.81. The highest BCUT2D eigenvalue weighted by molar-refractivity contribution is 5.93. The number of hydrogen-bond acceptors (Lipinski definition) is 3. The molecule has 2 heterocycles. The number of rotatable bonds is 3. The zero-order valence-electron chi connectivity index (χ0n) is 13.1. The molecule has 1 aromatic carbocycles. The minimum absolute atomic E-state index is 0.242. The summed E-state index contributed by atoms with van der Waals surface area (Å²) in [6, 6.07) is 8.69. The van der Waals surface area contributed by atoms with Crippen LogP contribution >= 0.6 is 0 Å². The molecule has 0 unspecified atom stereocenters. The summed E-state index contributed by atoms with van der Waals surface area (Å²) in [5.74, 6) is 0. The number of hydrogen-bond donors (Lipinski definition) is 1. The van der Waals surface area contributed by atoms with Gasteiger partial charge in [0.2, 0.25) is 0 Å². The molecular formula is C18H25N3. The quantitative estimate of drug-likeness (QED) is 0.933. The Morgan fingerprint density at radius 3 is 2.90 bits per heavy atom. The van der Waals surface area contributed by atoms with E-state index >= 15 is 0 Å². The van der Waals surface area contributed by atoms with Gasteiger partial charge in [-0.1, -0.05) is 26.0 Å². The highest BCUT2D eigenvalue weighted by atomic mass is 15.2. The van der Waals surface area contributed by atoms with Gasteiger partial charge in [-0.3, -0.25) is 4.98 Å². The number of aromatic nitrogens is 1. The third-order valence-electron chi connectivity index (χ3n) is 4.95. The number of nitrogens with zero attached hydrogens (tertiary/aromatic N) is 2. The fourth-order valence-electron chi connectivity index (χ4n) is 3.43. The third-order valence-corrected chi connectivity index (χ3v) is 4.95. The fraction of sp³-hybridized carbons (Fsp3) is 0.500.